The summed E-state index contributed by atoms with van der Waals surface area (Å²) in [6, 6.07) is 0. The van der Waals surface area contributed by atoms with Gasteiger partial charge in [0.05, 0.1) is 6.61 Å². The maximum atomic E-state index is 12.3. The van der Waals surface area contributed by atoms with Crippen molar-refractivity contribution in [1.29, 1.82) is 0 Å². The van der Waals surface area contributed by atoms with Crippen LogP contribution in [0.2, 0.25) is 0 Å². The van der Waals surface area contributed by atoms with E-state index in [1.54, 1.807) is 0 Å². The second kappa shape index (κ2) is 43.0. The first-order valence-corrected chi connectivity index (χ1v) is 24.2. The Bertz CT molecular complexity index is 743. The highest BCUT2D eigenvalue weighted by molar-refractivity contribution is 5.69. The Morgan fingerprint density at radius 3 is 1.35 bits per heavy atom. The summed E-state index contributed by atoms with van der Waals surface area (Å²) in [4.78, 5) is 25.3. The van der Waals surface area contributed by atoms with Crippen molar-refractivity contribution in [3.8, 4) is 0 Å². The van der Waals surface area contributed by atoms with E-state index in [2.05, 4.69) is 32.6 Å². The first-order valence-electron chi connectivity index (χ1n) is 24.2. The van der Waals surface area contributed by atoms with Gasteiger partial charge in [0, 0.05) is 13.0 Å². The molecular weight excluding hydrogens is 671 g/mol. The fourth-order valence-electron chi connectivity index (χ4n) is 7.60. The molecule has 0 spiro atoms. The van der Waals surface area contributed by atoms with Crippen molar-refractivity contribution in [2.75, 3.05) is 26.2 Å². The number of aliphatic hydroxyl groups excluding tert-OH is 1. The van der Waals surface area contributed by atoms with E-state index in [-0.39, 0.29) is 24.8 Å². The first kappa shape index (κ1) is 52.9. The van der Waals surface area contributed by atoms with E-state index in [4.69, 9.17) is 9.47 Å². The minimum atomic E-state index is 0.0379. The van der Waals surface area contributed by atoms with Crippen LogP contribution in [0.3, 0.4) is 0 Å². The van der Waals surface area contributed by atoms with Gasteiger partial charge < -0.3 is 19.5 Å². The average Bonchev–Trinajstić information content (AvgIpc) is 4.02. The van der Waals surface area contributed by atoms with Gasteiger partial charge in [-0.15, -0.1) is 0 Å². The Kier molecular flexibility index (Phi) is 42.1. The number of ether oxygens (including phenoxy) is 2. The van der Waals surface area contributed by atoms with Crippen molar-refractivity contribution in [3.05, 3.63) is 0 Å². The molecule has 1 aliphatic rings. The first-order chi connectivity index (χ1) is 26.6. The smallest absolute Gasteiger partial charge is 0.306 e. The lowest BCUT2D eigenvalue weighted by Crippen LogP contribution is -2.29. The van der Waals surface area contributed by atoms with Crippen molar-refractivity contribution >= 4 is 12.4 Å². The van der Waals surface area contributed by atoms with E-state index in [0.717, 1.165) is 51.7 Å². The molecule has 0 aromatic carbocycles. The molecule has 1 fully saturated rings. The fourth-order valence-corrected chi connectivity index (χ4v) is 7.60. The summed E-state index contributed by atoms with van der Waals surface area (Å²) in [5, 5.41) is 9.34. The Hall–Kier alpha value is -1.14. The van der Waals surface area contributed by atoms with Crippen LogP contribution >= 0.6 is 0 Å². The molecule has 1 aliphatic carbocycles. The standard InChI is InChI=1S/C30H59NO3.C18H36O2/c1-3-5-7-9-12-16-20-29(28-22-23-28)34-30(33)21-17-13-11-15-19-25-31(26-27-32)24-18-14-10-8-6-4-2;1-3-5-7-9-11-13-15-18(20-17-19)16-14-12-10-8-6-4-2/h28-29,32H,3-27H2,1-2H3;17-18H,3-16H2,1-2H3. The number of nitrogens with zero attached hydrogens (tertiary/aromatic N) is 1. The molecule has 1 atom stereocenters. The molecule has 0 amide bonds. The molecule has 0 bridgehead atoms. The summed E-state index contributed by atoms with van der Waals surface area (Å²) >= 11 is 0. The normalized spacial score (nSPS) is 13.2. The van der Waals surface area contributed by atoms with Gasteiger partial charge in [-0.2, -0.15) is 0 Å². The van der Waals surface area contributed by atoms with Crippen molar-refractivity contribution < 1.29 is 24.2 Å². The van der Waals surface area contributed by atoms with Gasteiger partial charge in [0.15, 0.2) is 0 Å². The lowest BCUT2D eigenvalue weighted by atomic mass is 10.0. The number of esters is 1. The molecule has 54 heavy (non-hydrogen) atoms. The molecule has 0 aromatic heterocycles. The van der Waals surface area contributed by atoms with E-state index < -0.39 is 0 Å². The number of hydrogen-bond donors (Lipinski definition) is 1. The molecule has 1 rings (SSSR count). The van der Waals surface area contributed by atoms with E-state index >= 15 is 0 Å². The van der Waals surface area contributed by atoms with Gasteiger partial charge in [0.2, 0.25) is 0 Å². The largest absolute Gasteiger partial charge is 0.465 e. The van der Waals surface area contributed by atoms with Crippen LogP contribution in [0.25, 0.3) is 0 Å². The molecule has 1 N–H and O–H groups in total. The van der Waals surface area contributed by atoms with E-state index in [1.165, 1.54) is 186 Å². The van der Waals surface area contributed by atoms with Crippen molar-refractivity contribution in [2.24, 2.45) is 5.92 Å². The van der Waals surface area contributed by atoms with Crippen molar-refractivity contribution in [3.63, 3.8) is 0 Å². The van der Waals surface area contributed by atoms with Gasteiger partial charge in [0.25, 0.3) is 6.47 Å². The number of aliphatic hydroxyl groups is 1. The molecule has 322 valence electrons. The van der Waals surface area contributed by atoms with E-state index in [1.807, 2.05) is 0 Å². The average molecular weight is 766 g/mol. The van der Waals surface area contributed by atoms with Crippen LogP contribution in [0, 0.1) is 5.92 Å². The van der Waals surface area contributed by atoms with Crippen LogP contribution in [0.1, 0.15) is 252 Å². The number of unbranched alkanes of at least 4 members (excludes halogenated alkanes) is 24. The Labute approximate surface area is 337 Å². The molecule has 6 heteroatoms. The third-order valence-electron chi connectivity index (χ3n) is 11.4. The van der Waals surface area contributed by atoms with E-state index in [0.29, 0.717) is 18.8 Å². The number of rotatable bonds is 42. The number of hydrogen-bond acceptors (Lipinski definition) is 6. The summed E-state index contributed by atoms with van der Waals surface area (Å²) in [6.45, 7) is 12.9. The zero-order valence-electron chi connectivity index (χ0n) is 36.9. The molecule has 1 unspecified atom stereocenters. The summed E-state index contributed by atoms with van der Waals surface area (Å²) in [7, 11) is 0. The second-order valence-corrected chi connectivity index (χ2v) is 16.7. The van der Waals surface area contributed by atoms with Gasteiger partial charge in [0.1, 0.15) is 12.2 Å². The van der Waals surface area contributed by atoms with Crippen LogP contribution in [0.5, 0.6) is 0 Å². The number of carbonyl (C=O) groups excluding carboxylic acids is 2. The molecule has 0 aromatic rings. The highest BCUT2D eigenvalue weighted by Gasteiger charge is 2.33. The zero-order chi connectivity index (χ0) is 39.6. The molecule has 0 radical (unpaired) electrons. The van der Waals surface area contributed by atoms with Crippen LogP contribution in [0.4, 0.5) is 0 Å². The highest BCUT2D eigenvalue weighted by atomic mass is 16.5. The fraction of sp³-hybridized carbons (Fsp3) is 0.958. The third kappa shape index (κ3) is 37.8. The highest BCUT2D eigenvalue weighted by Crippen LogP contribution is 2.37. The van der Waals surface area contributed by atoms with Gasteiger partial charge in [-0.25, -0.2) is 0 Å². The third-order valence-corrected chi connectivity index (χ3v) is 11.4. The minimum Gasteiger partial charge on any atom is -0.465 e. The van der Waals surface area contributed by atoms with Crippen LogP contribution in [-0.2, 0) is 19.1 Å². The molecular formula is C48H95NO5. The van der Waals surface area contributed by atoms with Crippen molar-refractivity contribution in [1.82, 2.24) is 4.90 Å². The lowest BCUT2D eigenvalue weighted by molar-refractivity contribution is -0.150. The van der Waals surface area contributed by atoms with Gasteiger partial charge >= 0.3 is 5.97 Å². The molecule has 1 saturated carbocycles. The summed E-state index contributed by atoms with van der Waals surface area (Å²) < 4.78 is 11.1. The SMILES string of the molecule is CCCCCCCCC(CCCCCCCC)OC=O.CCCCCCCCC(OC(=O)CCCCCCCN(CCO)CCCCCCCC)C1CC1. The monoisotopic (exact) mass is 766 g/mol. The predicted molar refractivity (Wildman–Crippen MR) is 232 cm³/mol. The Morgan fingerprint density at radius 2 is 0.944 bits per heavy atom. The lowest BCUT2D eigenvalue weighted by Gasteiger charge is -2.21. The zero-order valence-corrected chi connectivity index (χ0v) is 36.9. The summed E-state index contributed by atoms with van der Waals surface area (Å²) in [5.41, 5.74) is 0. The second-order valence-electron chi connectivity index (χ2n) is 16.7. The topological polar surface area (TPSA) is 76.1 Å². The molecule has 6 nitrogen and oxygen atoms in total. The molecule has 0 saturated heterocycles. The van der Waals surface area contributed by atoms with E-state index in [9.17, 15) is 14.7 Å². The number of carbonyl (C=O) groups is 2. The maximum absolute atomic E-state index is 12.3. The van der Waals surface area contributed by atoms with Crippen LogP contribution in [0.15, 0.2) is 0 Å². The predicted octanol–water partition coefficient (Wildman–Crippen LogP) is 14.1. The Balaban J connectivity index is 0.00000120. The quantitative estimate of drug-likeness (QED) is 0.0379. The van der Waals surface area contributed by atoms with Crippen LogP contribution in [-0.4, -0.2) is 60.9 Å². The minimum absolute atomic E-state index is 0.0379. The van der Waals surface area contributed by atoms with Gasteiger partial charge in [-0.1, -0.05) is 175 Å². The van der Waals surface area contributed by atoms with Gasteiger partial charge in [-0.3, -0.25) is 9.59 Å². The van der Waals surface area contributed by atoms with Crippen LogP contribution < -0.4 is 0 Å². The van der Waals surface area contributed by atoms with Gasteiger partial charge in [-0.05, 0) is 89.6 Å². The molecule has 0 aliphatic heterocycles. The molecule has 0 heterocycles. The summed E-state index contributed by atoms with van der Waals surface area (Å²) in [5.74, 6) is 0.689. The summed E-state index contributed by atoms with van der Waals surface area (Å²) in [6.07, 6.45) is 43.8. The maximum Gasteiger partial charge on any atom is 0.306 e. The van der Waals surface area contributed by atoms with Crippen molar-refractivity contribution in [2.45, 2.75) is 265 Å². The Morgan fingerprint density at radius 1 is 0.556 bits per heavy atom.